The third kappa shape index (κ3) is 2.83. The minimum Gasteiger partial charge on any atom is -0.480 e. The molecule has 1 fully saturated rings. The van der Waals surface area contributed by atoms with Gasteiger partial charge in [0.15, 0.2) is 0 Å². The summed E-state index contributed by atoms with van der Waals surface area (Å²) in [6.07, 6.45) is 0. The highest BCUT2D eigenvalue weighted by Gasteiger charge is 2.32. The van der Waals surface area contributed by atoms with Crippen molar-refractivity contribution in [3.05, 3.63) is 65.5 Å². The van der Waals surface area contributed by atoms with E-state index in [1.54, 1.807) is 0 Å². The number of benzene rings is 2. The number of aryl methyl sites for hydroxylation is 1. The van der Waals surface area contributed by atoms with E-state index in [1.165, 1.54) is 28.1 Å². The summed E-state index contributed by atoms with van der Waals surface area (Å²) >= 11 is 1.48. The Hall–Kier alpha value is -2.24. The van der Waals surface area contributed by atoms with Gasteiger partial charge in [-0.25, -0.2) is 0 Å². The number of aromatic nitrogens is 1. The molecule has 3 aromatic rings. The Balaban J connectivity index is 1.73. The molecule has 0 saturated carbocycles. The summed E-state index contributed by atoms with van der Waals surface area (Å²) in [6.45, 7) is 4.71. The van der Waals surface area contributed by atoms with Gasteiger partial charge in [-0.3, -0.25) is 10.1 Å². The molecule has 4 rings (SSSR count). The molecule has 0 amide bonds. The zero-order valence-electron chi connectivity index (χ0n) is 14.2. The molecule has 4 nitrogen and oxygen atoms in total. The summed E-state index contributed by atoms with van der Waals surface area (Å²) in [4.78, 5) is 11.2. The van der Waals surface area contributed by atoms with Gasteiger partial charge in [-0.15, -0.1) is 11.8 Å². The van der Waals surface area contributed by atoms with Crippen molar-refractivity contribution in [3.8, 4) is 5.69 Å². The number of nitrogens with zero attached hydrogens (tertiary/aromatic N) is 1. The maximum atomic E-state index is 11.2. The van der Waals surface area contributed by atoms with Crippen molar-refractivity contribution in [1.82, 2.24) is 9.88 Å². The number of fused-ring (bicyclic) bond motifs is 1. The highest BCUT2D eigenvalue weighted by Crippen LogP contribution is 2.38. The van der Waals surface area contributed by atoms with Gasteiger partial charge in [0, 0.05) is 29.2 Å². The fourth-order valence-corrected chi connectivity index (χ4v) is 4.78. The van der Waals surface area contributed by atoms with E-state index in [1.807, 2.05) is 6.07 Å². The predicted molar refractivity (Wildman–Crippen MR) is 103 cm³/mol. The Labute approximate surface area is 150 Å². The Morgan fingerprint density at radius 2 is 1.92 bits per heavy atom. The van der Waals surface area contributed by atoms with E-state index in [0.717, 1.165) is 17.1 Å². The summed E-state index contributed by atoms with van der Waals surface area (Å²) in [7, 11) is 0. The second-order valence-electron chi connectivity index (χ2n) is 6.44. The Bertz CT molecular complexity index is 963. The van der Waals surface area contributed by atoms with Gasteiger partial charge in [-0.05, 0) is 42.8 Å². The highest BCUT2D eigenvalue weighted by molar-refractivity contribution is 8.01. The van der Waals surface area contributed by atoms with Crippen molar-refractivity contribution in [3.63, 3.8) is 0 Å². The lowest BCUT2D eigenvalue weighted by atomic mass is 10.1. The highest BCUT2D eigenvalue weighted by atomic mass is 32.2. The number of thioether (sulfide) groups is 1. The second-order valence-corrected chi connectivity index (χ2v) is 7.76. The number of hydrogen-bond donors (Lipinski definition) is 2. The minimum absolute atomic E-state index is 0.0292. The summed E-state index contributed by atoms with van der Waals surface area (Å²) in [5, 5.41) is 14.6. The lowest BCUT2D eigenvalue weighted by Gasteiger charge is -2.13. The lowest BCUT2D eigenvalue weighted by Crippen LogP contribution is -2.21. The van der Waals surface area contributed by atoms with E-state index in [2.05, 4.69) is 66.2 Å². The first-order chi connectivity index (χ1) is 12.0. The van der Waals surface area contributed by atoms with E-state index in [-0.39, 0.29) is 10.6 Å². The zero-order chi connectivity index (χ0) is 17.6. The van der Waals surface area contributed by atoms with Crippen LogP contribution in [0.2, 0.25) is 0 Å². The van der Waals surface area contributed by atoms with E-state index in [9.17, 15) is 9.90 Å². The van der Waals surface area contributed by atoms with Gasteiger partial charge >= 0.3 is 5.97 Å². The van der Waals surface area contributed by atoms with Gasteiger partial charge < -0.3 is 9.67 Å². The average Bonchev–Trinajstić information content (AvgIpc) is 3.19. The van der Waals surface area contributed by atoms with Crippen LogP contribution in [0.1, 0.15) is 22.3 Å². The predicted octanol–water partition coefficient (Wildman–Crippen LogP) is 4.04. The van der Waals surface area contributed by atoms with E-state index < -0.39 is 5.97 Å². The molecule has 0 bridgehead atoms. The molecule has 2 N–H and O–H groups in total. The normalized spacial score (nSPS) is 20.2. The van der Waals surface area contributed by atoms with Crippen LogP contribution in [-0.4, -0.2) is 27.4 Å². The largest absolute Gasteiger partial charge is 0.480 e. The second kappa shape index (κ2) is 6.24. The van der Waals surface area contributed by atoms with Gasteiger partial charge in [0.05, 0.1) is 5.37 Å². The Morgan fingerprint density at radius 3 is 2.64 bits per heavy atom. The van der Waals surface area contributed by atoms with E-state index in [0.29, 0.717) is 6.54 Å². The first-order valence-corrected chi connectivity index (χ1v) is 9.28. The van der Waals surface area contributed by atoms with Crippen LogP contribution in [0.5, 0.6) is 0 Å². The molecule has 128 valence electrons. The van der Waals surface area contributed by atoms with Crippen molar-refractivity contribution < 1.29 is 9.90 Å². The number of carboxylic acid groups (broad SMARTS) is 1. The van der Waals surface area contributed by atoms with Crippen molar-refractivity contribution in [2.75, 3.05) is 6.54 Å². The number of nitrogens with one attached hydrogen (secondary N) is 1. The molecular formula is C20H20N2O2S. The van der Waals surface area contributed by atoms with Crippen LogP contribution in [0.4, 0.5) is 0 Å². The number of rotatable bonds is 3. The number of hydrogen-bond acceptors (Lipinski definition) is 3. The van der Waals surface area contributed by atoms with Crippen LogP contribution in [0.15, 0.2) is 48.5 Å². The standard InChI is InChI=1S/C20H20N2O2S/c1-12-9-17(19-21-11-18(25-19)20(23)24)13(2)22(12)16-8-7-14-5-3-4-6-15(14)10-16/h3-10,18-19,21H,11H2,1-2H3,(H,23,24)/t18-,19-/m1/s1. The number of aliphatic carboxylic acids is 1. The van der Waals surface area contributed by atoms with Gasteiger partial charge in [0.25, 0.3) is 0 Å². The third-order valence-corrected chi connectivity index (χ3v) is 6.20. The molecule has 0 radical (unpaired) electrons. The summed E-state index contributed by atoms with van der Waals surface area (Å²) < 4.78 is 2.25. The van der Waals surface area contributed by atoms with Crippen LogP contribution >= 0.6 is 11.8 Å². The van der Waals surface area contributed by atoms with Crippen LogP contribution in [0.3, 0.4) is 0 Å². The monoisotopic (exact) mass is 352 g/mol. The van der Waals surface area contributed by atoms with Gasteiger partial charge in [-0.2, -0.15) is 0 Å². The van der Waals surface area contributed by atoms with Crippen LogP contribution in [-0.2, 0) is 4.79 Å². The smallest absolute Gasteiger partial charge is 0.318 e. The maximum absolute atomic E-state index is 11.2. The topological polar surface area (TPSA) is 54.3 Å². The number of carbonyl (C=O) groups is 1. The molecule has 25 heavy (non-hydrogen) atoms. The molecule has 0 spiro atoms. The molecule has 0 aliphatic carbocycles. The molecule has 1 aliphatic heterocycles. The van der Waals surface area contributed by atoms with Gasteiger partial charge in [0.1, 0.15) is 5.25 Å². The van der Waals surface area contributed by atoms with Crippen molar-refractivity contribution in [1.29, 1.82) is 0 Å². The fraction of sp³-hybridized carbons (Fsp3) is 0.250. The van der Waals surface area contributed by atoms with Crippen LogP contribution in [0.25, 0.3) is 16.5 Å². The van der Waals surface area contributed by atoms with Crippen LogP contribution < -0.4 is 5.32 Å². The molecular weight excluding hydrogens is 332 g/mol. The average molecular weight is 352 g/mol. The van der Waals surface area contributed by atoms with E-state index in [4.69, 9.17) is 0 Å². The molecule has 2 aromatic carbocycles. The van der Waals surface area contributed by atoms with Crippen molar-refractivity contribution in [2.24, 2.45) is 0 Å². The molecule has 5 heteroatoms. The molecule has 1 saturated heterocycles. The lowest BCUT2D eigenvalue weighted by molar-refractivity contribution is -0.136. The van der Waals surface area contributed by atoms with Crippen molar-refractivity contribution >= 4 is 28.5 Å². The minimum atomic E-state index is -0.747. The van der Waals surface area contributed by atoms with E-state index >= 15 is 0 Å². The molecule has 2 atom stereocenters. The summed E-state index contributed by atoms with van der Waals surface area (Å²) in [6, 6.07) is 17.0. The SMILES string of the molecule is Cc1cc([C@@H]2NC[C@H](C(=O)O)S2)c(C)n1-c1ccc2ccccc2c1. The first-order valence-electron chi connectivity index (χ1n) is 8.34. The van der Waals surface area contributed by atoms with Gasteiger partial charge in [0.2, 0.25) is 0 Å². The third-order valence-electron chi connectivity index (χ3n) is 4.81. The molecule has 1 aromatic heterocycles. The van der Waals surface area contributed by atoms with Gasteiger partial charge in [-0.1, -0.05) is 30.3 Å². The Kier molecular flexibility index (Phi) is 4.06. The van der Waals surface area contributed by atoms with Crippen LogP contribution in [0, 0.1) is 13.8 Å². The fourth-order valence-electron chi connectivity index (χ4n) is 3.57. The maximum Gasteiger partial charge on any atom is 0.318 e. The quantitative estimate of drug-likeness (QED) is 0.747. The summed E-state index contributed by atoms with van der Waals surface area (Å²) in [5.41, 5.74) is 4.62. The zero-order valence-corrected chi connectivity index (χ0v) is 15.0. The molecule has 1 aliphatic rings. The van der Waals surface area contributed by atoms with Crippen molar-refractivity contribution in [2.45, 2.75) is 24.5 Å². The first kappa shape index (κ1) is 16.2. The number of carboxylic acids is 1. The summed E-state index contributed by atoms with van der Waals surface area (Å²) in [5.74, 6) is -0.747. The Morgan fingerprint density at radius 1 is 1.16 bits per heavy atom. The molecule has 2 heterocycles. The molecule has 0 unspecified atom stereocenters.